The van der Waals surface area contributed by atoms with Crippen molar-refractivity contribution < 1.29 is 4.79 Å². The van der Waals surface area contributed by atoms with Crippen LogP contribution in [0.25, 0.3) is 6.08 Å². The van der Waals surface area contributed by atoms with E-state index in [9.17, 15) is 4.79 Å². The highest BCUT2D eigenvalue weighted by atomic mass is 79.9. The van der Waals surface area contributed by atoms with Gasteiger partial charge in [-0.15, -0.1) is 0 Å². The van der Waals surface area contributed by atoms with Crippen LogP contribution in [0.2, 0.25) is 5.15 Å². The summed E-state index contributed by atoms with van der Waals surface area (Å²) in [4.78, 5) is 24.0. The van der Waals surface area contributed by atoms with Gasteiger partial charge >= 0.3 is 0 Å². The standard InChI is InChI=1S/C21H13BrClN3OS/c22-15-7-4-6-14(12-15)13-18-20(27)26(16-8-2-1-3-9-16)21(28-18)25-17-10-5-11-24-19(17)23/h1-13H/b18-13-,25-21?. The average Bonchev–Trinajstić information content (AvgIpc) is 2.99. The SMILES string of the molecule is O=C1/C(=C/c2cccc(Br)c2)SC(=Nc2cccnc2Cl)N1c1ccccc1. The van der Waals surface area contributed by atoms with Gasteiger partial charge in [0.25, 0.3) is 5.91 Å². The number of aromatic nitrogens is 1. The van der Waals surface area contributed by atoms with Gasteiger partial charge in [0.15, 0.2) is 10.3 Å². The fourth-order valence-corrected chi connectivity index (χ4v) is 4.24. The van der Waals surface area contributed by atoms with E-state index < -0.39 is 0 Å². The van der Waals surface area contributed by atoms with Crippen molar-refractivity contribution in [1.29, 1.82) is 0 Å². The van der Waals surface area contributed by atoms with Crippen molar-refractivity contribution in [2.24, 2.45) is 4.99 Å². The molecule has 1 aromatic heterocycles. The van der Waals surface area contributed by atoms with Crippen molar-refractivity contribution in [1.82, 2.24) is 4.98 Å². The Labute approximate surface area is 180 Å². The molecule has 0 atom stereocenters. The Morgan fingerprint density at radius 2 is 1.89 bits per heavy atom. The molecule has 0 aliphatic carbocycles. The number of pyridine rings is 1. The largest absolute Gasteiger partial charge is 0.271 e. The summed E-state index contributed by atoms with van der Waals surface area (Å²) in [5.41, 5.74) is 2.19. The summed E-state index contributed by atoms with van der Waals surface area (Å²) in [5, 5.41) is 0.827. The smallest absolute Gasteiger partial charge is 0.268 e. The van der Waals surface area contributed by atoms with Crippen molar-refractivity contribution in [3.63, 3.8) is 0 Å². The molecule has 0 saturated carbocycles. The van der Waals surface area contributed by atoms with Gasteiger partial charge in [0, 0.05) is 10.7 Å². The van der Waals surface area contributed by atoms with E-state index in [1.54, 1.807) is 23.2 Å². The van der Waals surface area contributed by atoms with Crippen LogP contribution in [0.3, 0.4) is 0 Å². The Morgan fingerprint density at radius 1 is 1.07 bits per heavy atom. The highest BCUT2D eigenvalue weighted by Gasteiger charge is 2.34. The van der Waals surface area contributed by atoms with Crippen LogP contribution >= 0.6 is 39.3 Å². The third-order valence-electron chi connectivity index (χ3n) is 3.92. The maximum atomic E-state index is 13.2. The van der Waals surface area contributed by atoms with Crippen LogP contribution in [0, 0.1) is 0 Å². The fraction of sp³-hybridized carbons (Fsp3) is 0. The lowest BCUT2D eigenvalue weighted by Gasteiger charge is -2.15. The van der Waals surface area contributed by atoms with Gasteiger partial charge in [0.2, 0.25) is 0 Å². The summed E-state index contributed by atoms with van der Waals surface area (Å²) in [6, 6.07) is 20.7. The number of carbonyl (C=O) groups excluding carboxylic acids is 1. The number of aliphatic imine (C=N–C) groups is 1. The van der Waals surface area contributed by atoms with Crippen molar-refractivity contribution in [2.45, 2.75) is 0 Å². The average molecular weight is 471 g/mol. The topological polar surface area (TPSA) is 45.6 Å². The number of halogens is 2. The number of para-hydroxylation sites is 1. The Hall–Kier alpha value is -2.41. The number of hydrogen-bond donors (Lipinski definition) is 0. The Balaban J connectivity index is 1.79. The van der Waals surface area contributed by atoms with Gasteiger partial charge in [0.1, 0.15) is 5.69 Å². The first kappa shape index (κ1) is 18.9. The number of anilines is 1. The minimum Gasteiger partial charge on any atom is -0.268 e. The Morgan fingerprint density at radius 3 is 2.64 bits per heavy atom. The molecule has 1 fully saturated rings. The zero-order valence-electron chi connectivity index (χ0n) is 14.4. The Bertz CT molecular complexity index is 1100. The number of rotatable bonds is 3. The normalized spacial score (nSPS) is 16.9. The number of amidine groups is 1. The molecule has 2 heterocycles. The third kappa shape index (κ3) is 4.04. The van der Waals surface area contributed by atoms with Crippen molar-refractivity contribution >= 4 is 67.8 Å². The second kappa shape index (κ2) is 8.31. The molecule has 0 N–H and O–H groups in total. The molecule has 0 radical (unpaired) electrons. The number of nitrogens with zero attached hydrogens (tertiary/aromatic N) is 3. The first-order chi connectivity index (χ1) is 13.6. The molecule has 1 aliphatic heterocycles. The van der Waals surface area contributed by atoms with Crippen LogP contribution in [0.1, 0.15) is 5.56 Å². The molecule has 4 rings (SSSR count). The molecule has 0 spiro atoms. The van der Waals surface area contributed by atoms with Crippen LogP contribution in [0.4, 0.5) is 11.4 Å². The molecule has 7 heteroatoms. The number of benzene rings is 2. The van der Waals surface area contributed by atoms with Crippen molar-refractivity contribution in [2.75, 3.05) is 4.90 Å². The van der Waals surface area contributed by atoms with Gasteiger partial charge < -0.3 is 0 Å². The molecule has 1 saturated heterocycles. The summed E-state index contributed by atoms with van der Waals surface area (Å²) >= 11 is 10.9. The minimum absolute atomic E-state index is 0.130. The number of carbonyl (C=O) groups is 1. The lowest BCUT2D eigenvalue weighted by Crippen LogP contribution is -2.28. The lowest BCUT2D eigenvalue weighted by molar-refractivity contribution is -0.113. The van der Waals surface area contributed by atoms with Crippen LogP contribution in [-0.4, -0.2) is 16.1 Å². The quantitative estimate of drug-likeness (QED) is 0.333. The minimum atomic E-state index is -0.130. The number of amides is 1. The molecule has 0 bridgehead atoms. The number of hydrogen-bond acceptors (Lipinski definition) is 4. The predicted octanol–water partition coefficient (Wildman–Crippen LogP) is 6.31. The van der Waals surface area contributed by atoms with E-state index in [4.69, 9.17) is 11.6 Å². The van der Waals surface area contributed by atoms with Crippen molar-refractivity contribution in [3.05, 3.63) is 93.0 Å². The van der Waals surface area contributed by atoms with Crippen molar-refractivity contribution in [3.8, 4) is 0 Å². The summed E-state index contributed by atoms with van der Waals surface area (Å²) in [6.45, 7) is 0. The van der Waals surface area contributed by atoms with Crippen LogP contribution in [-0.2, 0) is 4.79 Å². The highest BCUT2D eigenvalue weighted by Crippen LogP contribution is 2.38. The molecular weight excluding hydrogens is 458 g/mol. The third-order valence-corrected chi connectivity index (χ3v) is 5.68. The predicted molar refractivity (Wildman–Crippen MR) is 120 cm³/mol. The lowest BCUT2D eigenvalue weighted by atomic mass is 10.2. The molecular formula is C21H13BrClN3OS. The molecule has 0 unspecified atom stereocenters. The fourth-order valence-electron chi connectivity index (χ4n) is 2.67. The van der Waals surface area contributed by atoms with E-state index >= 15 is 0 Å². The van der Waals surface area contributed by atoms with E-state index in [1.165, 1.54) is 11.8 Å². The second-order valence-corrected chi connectivity index (χ2v) is 8.13. The summed E-state index contributed by atoms with van der Waals surface area (Å²) < 4.78 is 0.952. The molecule has 138 valence electrons. The van der Waals surface area contributed by atoms with Crippen LogP contribution < -0.4 is 4.90 Å². The monoisotopic (exact) mass is 469 g/mol. The molecule has 2 aromatic carbocycles. The van der Waals surface area contributed by atoms with Crippen LogP contribution in [0.15, 0.2) is 87.3 Å². The molecule has 3 aromatic rings. The second-order valence-electron chi connectivity index (χ2n) is 5.85. The van der Waals surface area contributed by atoms with Crippen LogP contribution in [0.5, 0.6) is 0 Å². The summed E-state index contributed by atoms with van der Waals surface area (Å²) in [7, 11) is 0. The molecule has 28 heavy (non-hydrogen) atoms. The summed E-state index contributed by atoms with van der Waals surface area (Å²) in [6.07, 6.45) is 3.47. The van der Waals surface area contributed by atoms with E-state index in [0.717, 1.165) is 15.7 Å². The first-order valence-electron chi connectivity index (χ1n) is 8.35. The van der Waals surface area contributed by atoms with E-state index in [2.05, 4.69) is 25.9 Å². The maximum absolute atomic E-state index is 13.2. The highest BCUT2D eigenvalue weighted by molar-refractivity contribution is 9.10. The summed E-state index contributed by atoms with van der Waals surface area (Å²) in [5.74, 6) is -0.130. The van der Waals surface area contributed by atoms with E-state index in [0.29, 0.717) is 20.9 Å². The van der Waals surface area contributed by atoms with Gasteiger partial charge in [0.05, 0.1) is 10.6 Å². The zero-order valence-corrected chi connectivity index (χ0v) is 17.6. The first-order valence-corrected chi connectivity index (χ1v) is 10.3. The molecule has 1 aliphatic rings. The molecule has 4 nitrogen and oxygen atoms in total. The molecule has 1 amide bonds. The maximum Gasteiger partial charge on any atom is 0.271 e. The van der Waals surface area contributed by atoms with E-state index in [1.807, 2.05) is 60.7 Å². The van der Waals surface area contributed by atoms with E-state index in [-0.39, 0.29) is 5.91 Å². The van der Waals surface area contributed by atoms with Gasteiger partial charge in [-0.2, -0.15) is 0 Å². The van der Waals surface area contributed by atoms with Gasteiger partial charge in [-0.1, -0.05) is 57.9 Å². The zero-order chi connectivity index (χ0) is 19.5. The van der Waals surface area contributed by atoms with Gasteiger partial charge in [-0.3, -0.25) is 9.69 Å². The number of thioether (sulfide) groups is 1. The van der Waals surface area contributed by atoms with Gasteiger partial charge in [-0.05, 0) is 59.8 Å². The Kier molecular flexibility index (Phi) is 5.62. The van der Waals surface area contributed by atoms with Gasteiger partial charge in [-0.25, -0.2) is 9.98 Å².